The standard InChI is InChI=1S/C22H21BrN2O5/c23-15-3-1-14(2-4-15)22(28)7-9-24(10-8-22)17-12-20(26)25(21(17)27)16-5-6-18-19(11-16)30-13-29-18/h1-6,11,17,28H,7-10,12-13H2. The highest BCUT2D eigenvalue weighted by Gasteiger charge is 2.45. The molecule has 156 valence electrons. The van der Waals surface area contributed by atoms with Crippen molar-refractivity contribution in [2.24, 2.45) is 0 Å². The highest BCUT2D eigenvalue weighted by atomic mass is 79.9. The zero-order chi connectivity index (χ0) is 20.9. The van der Waals surface area contributed by atoms with Gasteiger partial charge in [-0.2, -0.15) is 0 Å². The van der Waals surface area contributed by atoms with Crippen LogP contribution < -0.4 is 14.4 Å². The molecule has 1 unspecified atom stereocenters. The summed E-state index contributed by atoms with van der Waals surface area (Å²) in [4.78, 5) is 29.0. The SMILES string of the molecule is O=C1CC(N2CCC(O)(c3ccc(Br)cc3)CC2)C(=O)N1c1ccc2c(c1)OCO2. The van der Waals surface area contributed by atoms with Gasteiger partial charge in [-0.1, -0.05) is 28.1 Å². The lowest BCUT2D eigenvalue weighted by molar-refractivity contribution is -0.124. The number of carbonyl (C=O) groups is 2. The molecule has 2 fully saturated rings. The number of hydrogen-bond donors (Lipinski definition) is 1. The number of rotatable bonds is 3. The number of imide groups is 1. The molecule has 3 heterocycles. The number of nitrogens with zero attached hydrogens (tertiary/aromatic N) is 2. The highest BCUT2D eigenvalue weighted by molar-refractivity contribution is 9.10. The molecule has 30 heavy (non-hydrogen) atoms. The lowest BCUT2D eigenvalue weighted by Crippen LogP contribution is -2.49. The van der Waals surface area contributed by atoms with E-state index in [4.69, 9.17) is 9.47 Å². The molecule has 7 nitrogen and oxygen atoms in total. The van der Waals surface area contributed by atoms with E-state index in [-0.39, 0.29) is 25.0 Å². The third-order valence-electron chi connectivity index (χ3n) is 6.18. The number of benzene rings is 2. The fraction of sp³-hybridized carbons (Fsp3) is 0.364. The first-order valence-corrected chi connectivity index (χ1v) is 10.7. The van der Waals surface area contributed by atoms with E-state index in [1.165, 1.54) is 4.90 Å². The van der Waals surface area contributed by atoms with Gasteiger partial charge in [-0.15, -0.1) is 0 Å². The fourth-order valence-corrected chi connectivity index (χ4v) is 4.72. The second kappa shape index (κ2) is 7.37. The molecule has 2 saturated heterocycles. The molecule has 0 saturated carbocycles. The van der Waals surface area contributed by atoms with Gasteiger partial charge in [0.25, 0.3) is 5.91 Å². The third kappa shape index (κ3) is 3.29. The lowest BCUT2D eigenvalue weighted by atomic mass is 9.84. The fourth-order valence-electron chi connectivity index (χ4n) is 4.45. The normalized spacial score (nSPS) is 23.3. The largest absolute Gasteiger partial charge is 0.454 e. The Morgan fingerprint density at radius 1 is 1.00 bits per heavy atom. The summed E-state index contributed by atoms with van der Waals surface area (Å²) in [5, 5.41) is 11.1. The number of aliphatic hydroxyl groups is 1. The van der Waals surface area contributed by atoms with Gasteiger partial charge >= 0.3 is 0 Å². The molecule has 0 spiro atoms. The molecular weight excluding hydrogens is 452 g/mol. The first-order valence-electron chi connectivity index (χ1n) is 9.93. The van der Waals surface area contributed by atoms with E-state index in [1.807, 2.05) is 29.2 Å². The van der Waals surface area contributed by atoms with E-state index in [2.05, 4.69) is 15.9 Å². The predicted octanol–water partition coefficient (Wildman–Crippen LogP) is 2.79. The summed E-state index contributed by atoms with van der Waals surface area (Å²) in [6.07, 6.45) is 1.16. The van der Waals surface area contributed by atoms with E-state index in [1.54, 1.807) is 18.2 Å². The van der Waals surface area contributed by atoms with Crippen molar-refractivity contribution in [3.8, 4) is 11.5 Å². The van der Waals surface area contributed by atoms with Gasteiger partial charge in [-0.25, -0.2) is 4.90 Å². The van der Waals surface area contributed by atoms with Crippen LogP contribution in [0.25, 0.3) is 0 Å². The van der Waals surface area contributed by atoms with Crippen LogP contribution in [0.4, 0.5) is 5.69 Å². The number of piperidine rings is 1. The maximum absolute atomic E-state index is 13.1. The van der Waals surface area contributed by atoms with Crippen molar-refractivity contribution in [2.45, 2.75) is 30.9 Å². The van der Waals surface area contributed by atoms with Crippen LogP contribution in [-0.4, -0.2) is 47.7 Å². The number of carbonyl (C=O) groups excluding carboxylic acids is 2. The topological polar surface area (TPSA) is 79.3 Å². The average molecular weight is 473 g/mol. The van der Waals surface area contributed by atoms with E-state index in [9.17, 15) is 14.7 Å². The molecule has 2 amide bonds. The number of ether oxygens (including phenoxy) is 2. The minimum atomic E-state index is -0.917. The number of likely N-dealkylation sites (tertiary alicyclic amines) is 1. The maximum atomic E-state index is 13.1. The molecule has 2 aromatic rings. The minimum Gasteiger partial charge on any atom is -0.454 e. The summed E-state index contributed by atoms with van der Waals surface area (Å²) in [7, 11) is 0. The van der Waals surface area contributed by atoms with Crippen molar-refractivity contribution >= 4 is 33.4 Å². The molecule has 1 atom stereocenters. The Balaban J connectivity index is 1.30. The van der Waals surface area contributed by atoms with E-state index in [0.717, 1.165) is 10.0 Å². The molecule has 2 aromatic carbocycles. The second-order valence-electron chi connectivity index (χ2n) is 7.90. The molecule has 0 bridgehead atoms. The van der Waals surface area contributed by atoms with Gasteiger partial charge in [0.2, 0.25) is 12.7 Å². The van der Waals surface area contributed by atoms with Crippen LogP contribution in [0.1, 0.15) is 24.8 Å². The van der Waals surface area contributed by atoms with Crippen LogP contribution >= 0.6 is 15.9 Å². The zero-order valence-electron chi connectivity index (χ0n) is 16.2. The Kier molecular flexibility index (Phi) is 4.80. The molecule has 3 aliphatic heterocycles. The molecule has 5 rings (SSSR count). The Hall–Kier alpha value is -2.42. The van der Waals surface area contributed by atoms with E-state index >= 15 is 0 Å². The van der Waals surface area contributed by atoms with Crippen LogP contribution in [0.5, 0.6) is 11.5 Å². The summed E-state index contributed by atoms with van der Waals surface area (Å²) in [5.74, 6) is 0.692. The van der Waals surface area contributed by atoms with Gasteiger partial charge in [0.05, 0.1) is 23.8 Å². The van der Waals surface area contributed by atoms with Crippen molar-refractivity contribution in [3.05, 3.63) is 52.5 Å². The zero-order valence-corrected chi connectivity index (χ0v) is 17.8. The van der Waals surface area contributed by atoms with E-state index < -0.39 is 11.6 Å². The van der Waals surface area contributed by atoms with Crippen molar-refractivity contribution in [1.82, 2.24) is 4.90 Å². The lowest BCUT2D eigenvalue weighted by Gasteiger charge is -2.40. The Morgan fingerprint density at radius 2 is 1.70 bits per heavy atom. The number of amides is 2. The Morgan fingerprint density at radius 3 is 2.43 bits per heavy atom. The van der Waals surface area contributed by atoms with Crippen molar-refractivity contribution in [3.63, 3.8) is 0 Å². The molecule has 0 radical (unpaired) electrons. The van der Waals surface area contributed by atoms with Gasteiger partial charge in [-0.05, 0) is 42.7 Å². The van der Waals surface area contributed by atoms with Gasteiger partial charge in [0.15, 0.2) is 11.5 Å². The molecule has 3 aliphatic rings. The first-order chi connectivity index (χ1) is 14.4. The van der Waals surface area contributed by atoms with Gasteiger partial charge in [0.1, 0.15) is 0 Å². The smallest absolute Gasteiger partial charge is 0.251 e. The Labute approximate surface area is 182 Å². The summed E-state index contributed by atoms with van der Waals surface area (Å²) in [5.41, 5.74) is 0.459. The molecule has 0 aliphatic carbocycles. The van der Waals surface area contributed by atoms with Gasteiger partial charge in [-0.3, -0.25) is 14.5 Å². The summed E-state index contributed by atoms with van der Waals surface area (Å²) in [6.45, 7) is 1.23. The minimum absolute atomic E-state index is 0.137. The molecule has 8 heteroatoms. The van der Waals surface area contributed by atoms with E-state index in [0.29, 0.717) is 43.1 Å². The van der Waals surface area contributed by atoms with Crippen LogP contribution in [0.3, 0.4) is 0 Å². The summed E-state index contributed by atoms with van der Waals surface area (Å²) < 4.78 is 11.6. The predicted molar refractivity (Wildman–Crippen MR) is 112 cm³/mol. The van der Waals surface area contributed by atoms with Crippen LogP contribution in [-0.2, 0) is 15.2 Å². The summed E-state index contributed by atoms with van der Waals surface area (Å²) >= 11 is 3.42. The maximum Gasteiger partial charge on any atom is 0.251 e. The van der Waals surface area contributed by atoms with Crippen LogP contribution in [0.2, 0.25) is 0 Å². The average Bonchev–Trinajstić information content (AvgIpc) is 3.32. The molecule has 1 N–H and O–H groups in total. The summed E-state index contributed by atoms with van der Waals surface area (Å²) in [6, 6.07) is 12.3. The van der Waals surface area contributed by atoms with Crippen LogP contribution in [0, 0.1) is 0 Å². The molecular formula is C22H21BrN2O5. The van der Waals surface area contributed by atoms with Gasteiger partial charge in [0, 0.05) is 23.6 Å². The van der Waals surface area contributed by atoms with Crippen molar-refractivity contribution in [2.75, 3.05) is 24.8 Å². The van der Waals surface area contributed by atoms with Gasteiger partial charge < -0.3 is 14.6 Å². The molecule has 0 aromatic heterocycles. The highest BCUT2D eigenvalue weighted by Crippen LogP contribution is 2.39. The number of anilines is 1. The van der Waals surface area contributed by atoms with Crippen molar-refractivity contribution < 1.29 is 24.2 Å². The van der Waals surface area contributed by atoms with Crippen LogP contribution in [0.15, 0.2) is 46.9 Å². The first kappa shape index (κ1) is 19.5. The third-order valence-corrected chi connectivity index (χ3v) is 6.71. The number of fused-ring (bicyclic) bond motifs is 1. The quantitative estimate of drug-likeness (QED) is 0.691. The van der Waals surface area contributed by atoms with Crippen molar-refractivity contribution in [1.29, 1.82) is 0 Å². The number of halogens is 1. The second-order valence-corrected chi connectivity index (χ2v) is 8.81. The Bertz CT molecular complexity index is 1000. The number of hydrogen-bond acceptors (Lipinski definition) is 6. The monoisotopic (exact) mass is 472 g/mol.